The molecule has 0 aliphatic carbocycles. The van der Waals surface area contributed by atoms with Crippen molar-refractivity contribution in [2.75, 3.05) is 20.8 Å². The Morgan fingerprint density at radius 3 is 2.40 bits per heavy atom. The Balaban J connectivity index is 1.51. The molecule has 5 heteroatoms. The molecule has 184 valence electrons. The lowest BCUT2D eigenvalue weighted by Gasteiger charge is -2.40. The molecular formula is C30H36N2O3. The Labute approximate surface area is 209 Å². The minimum Gasteiger partial charge on any atom is -0.493 e. The molecule has 1 fully saturated rings. The molecule has 4 rings (SSSR count). The normalized spacial score (nSPS) is 17.8. The van der Waals surface area contributed by atoms with Crippen molar-refractivity contribution >= 4 is 5.91 Å². The van der Waals surface area contributed by atoms with Gasteiger partial charge >= 0.3 is 0 Å². The Kier molecular flexibility index (Phi) is 8.09. The van der Waals surface area contributed by atoms with Gasteiger partial charge in [-0.3, -0.25) is 4.79 Å². The molecule has 0 spiro atoms. The van der Waals surface area contributed by atoms with E-state index in [1.54, 1.807) is 14.2 Å². The highest BCUT2D eigenvalue weighted by Crippen LogP contribution is 2.31. The predicted octanol–water partition coefficient (Wildman–Crippen LogP) is 5.33. The van der Waals surface area contributed by atoms with Gasteiger partial charge in [0.1, 0.15) is 0 Å². The minimum absolute atomic E-state index is 0.129. The third kappa shape index (κ3) is 6.04. The van der Waals surface area contributed by atoms with E-state index >= 15 is 0 Å². The highest BCUT2D eigenvalue weighted by atomic mass is 16.5. The van der Waals surface area contributed by atoms with Gasteiger partial charge in [0.05, 0.1) is 14.2 Å². The number of rotatable bonds is 8. The first-order chi connectivity index (χ1) is 17.0. The van der Waals surface area contributed by atoms with E-state index < -0.39 is 0 Å². The van der Waals surface area contributed by atoms with E-state index in [1.165, 1.54) is 5.56 Å². The molecule has 5 nitrogen and oxygen atoms in total. The summed E-state index contributed by atoms with van der Waals surface area (Å²) in [5.74, 6) is 1.64. The molecule has 1 aliphatic rings. The SMILES string of the molecule is COc1cccc(CN[C@H]2CCN(C(=O)c3cc(C)cc(C)c3)[C@@H](Cc3ccccc3)C2)c1OC. The van der Waals surface area contributed by atoms with Crippen LogP contribution in [-0.2, 0) is 13.0 Å². The Morgan fingerprint density at radius 1 is 0.971 bits per heavy atom. The van der Waals surface area contributed by atoms with Gasteiger partial charge < -0.3 is 19.7 Å². The lowest BCUT2D eigenvalue weighted by atomic mass is 9.91. The van der Waals surface area contributed by atoms with Gasteiger partial charge in [0, 0.05) is 36.3 Å². The number of nitrogens with zero attached hydrogens (tertiary/aromatic N) is 1. The highest BCUT2D eigenvalue weighted by Gasteiger charge is 2.32. The number of likely N-dealkylation sites (tertiary alicyclic amines) is 1. The van der Waals surface area contributed by atoms with Crippen LogP contribution in [0.2, 0.25) is 0 Å². The maximum Gasteiger partial charge on any atom is 0.254 e. The van der Waals surface area contributed by atoms with Crippen molar-refractivity contribution in [3.63, 3.8) is 0 Å². The molecule has 35 heavy (non-hydrogen) atoms. The summed E-state index contributed by atoms with van der Waals surface area (Å²) in [6, 6.07) is 23.0. The van der Waals surface area contributed by atoms with Gasteiger partial charge in [-0.15, -0.1) is 0 Å². The van der Waals surface area contributed by atoms with Crippen molar-refractivity contribution in [2.45, 2.75) is 51.7 Å². The Morgan fingerprint density at radius 2 is 1.71 bits per heavy atom. The van der Waals surface area contributed by atoms with E-state index in [-0.39, 0.29) is 11.9 Å². The number of hydrogen-bond donors (Lipinski definition) is 1. The van der Waals surface area contributed by atoms with Crippen molar-refractivity contribution in [1.82, 2.24) is 10.2 Å². The van der Waals surface area contributed by atoms with Crippen molar-refractivity contribution < 1.29 is 14.3 Å². The third-order valence-electron chi connectivity index (χ3n) is 6.83. The van der Waals surface area contributed by atoms with Crippen LogP contribution in [0.5, 0.6) is 11.5 Å². The average molecular weight is 473 g/mol. The number of benzene rings is 3. The average Bonchev–Trinajstić information content (AvgIpc) is 2.87. The summed E-state index contributed by atoms with van der Waals surface area (Å²) in [7, 11) is 3.33. The van der Waals surface area contributed by atoms with Crippen LogP contribution in [0.25, 0.3) is 0 Å². The highest BCUT2D eigenvalue weighted by molar-refractivity contribution is 5.95. The monoisotopic (exact) mass is 472 g/mol. The lowest BCUT2D eigenvalue weighted by molar-refractivity contribution is 0.0576. The first-order valence-corrected chi connectivity index (χ1v) is 12.3. The zero-order valence-corrected chi connectivity index (χ0v) is 21.2. The fourth-order valence-electron chi connectivity index (χ4n) is 5.19. The minimum atomic E-state index is 0.129. The van der Waals surface area contributed by atoms with Gasteiger partial charge in [-0.25, -0.2) is 0 Å². The lowest BCUT2D eigenvalue weighted by Crippen LogP contribution is -2.51. The maximum absolute atomic E-state index is 13.6. The summed E-state index contributed by atoms with van der Waals surface area (Å²) in [5.41, 5.74) is 5.35. The van der Waals surface area contributed by atoms with Gasteiger partial charge in [0.15, 0.2) is 11.5 Å². The summed E-state index contributed by atoms with van der Waals surface area (Å²) in [6.45, 7) is 5.52. The molecule has 0 radical (unpaired) electrons. The second-order valence-electron chi connectivity index (χ2n) is 9.47. The quantitative estimate of drug-likeness (QED) is 0.482. The summed E-state index contributed by atoms with van der Waals surface area (Å²) in [5, 5.41) is 3.72. The van der Waals surface area contributed by atoms with Crippen LogP contribution in [0.1, 0.15) is 45.5 Å². The first-order valence-electron chi connectivity index (χ1n) is 12.3. The van der Waals surface area contributed by atoms with Crippen LogP contribution in [0, 0.1) is 13.8 Å². The van der Waals surface area contributed by atoms with E-state index in [2.05, 4.69) is 46.6 Å². The van der Waals surface area contributed by atoms with Crippen molar-refractivity contribution in [2.24, 2.45) is 0 Å². The van der Waals surface area contributed by atoms with Crippen LogP contribution in [-0.4, -0.2) is 43.7 Å². The fraction of sp³-hybridized carbons (Fsp3) is 0.367. The number of amides is 1. The molecule has 1 amide bonds. The number of carbonyl (C=O) groups is 1. The van der Waals surface area contributed by atoms with Crippen LogP contribution in [0.3, 0.4) is 0 Å². The zero-order chi connectivity index (χ0) is 24.8. The summed E-state index contributed by atoms with van der Waals surface area (Å²) in [4.78, 5) is 15.7. The molecule has 1 saturated heterocycles. The largest absolute Gasteiger partial charge is 0.493 e. The molecule has 1 N–H and O–H groups in total. The number of methoxy groups -OCH3 is 2. The van der Waals surface area contributed by atoms with Gasteiger partial charge in [-0.05, 0) is 56.9 Å². The molecule has 0 aromatic heterocycles. The van der Waals surface area contributed by atoms with E-state index in [4.69, 9.17) is 9.47 Å². The Bertz CT molecular complexity index is 1130. The third-order valence-corrected chi connectivity index (χ3v) is 6.83. The first kappa shape index (κ1) is 24.8. The molecule has 0 unspecified atom stereocenters. The number of para-hydroxylation sites is 1. The fourth-order valence-corrected chi connectivity index (χ4v) is 5.19. The van der Waals surface area contributed by atoms with Gasteiger partial charge in [-0.1, -0.05) is 59.7 Å². The Hall–Kier alpha value is -3.31. The van der Waals surface area contributed by atoms with Gasteiger partial charge in [-0.2, -0.15) is 0 Å². The predicted molar refractivity (Wildman–Crippen MR) is 140 cm³/mol. The van der Waals surface area contributed by atoms with Crippen LogP contribution in [0.15, 0.2) is 66.7 Å². The smallest absolute Gasteiger partial charge is 0.254 e. The summed E-state index contributed by atoms with van der Waals surface area (Å²) >= 11 is 0. The number of ether oxygens (including phenoxy) is 2. The number of aryl methyl sites for hydroxylation is 2. The van der Waals surface area contributed by atoms with Gasteiger partial charge in [0.2, 0.25) is 0 Å². The molecule has 1 aliphatic heterocycles. The molecule has 0 bridgehead atoms. The molecular weight excluding hydrogens is 436 g/mol. The van der Waals surface area contributed by atoms with Crippen LogP contribution < -0.4 is 14.8 Å². The van der Waals surface area contributed by atoms with E-state index in [0.717, 1.165) is 59.6 Å². The number of hydrogen-bond acceptors (Lipinski definition) is 4. The molecule has 1 heterocycles. The molecule has 2 atom stereocenters. The van der Waals surface area contributed by atoms with Crippen LogP contribution in [0.4, 0.5) is 0 Å². The van der Waals surface area contributed by atoms with E-state index in [0.29, 0.717) is 12.6 Å². The number of piperidine rings is 1. The van der Waals surface area contributed by atoms with Crippen molar-refractivity contribution in [3.05, 3.63) is 94.5 Å². The summed E-state index contributed by atoms with van der Waals surface area (Å²) < 4.78 is 11.1. The second-order valence-corrected chi connectivity index (χ2v) is 9.47. The van der Waals surface area contributed by atoms with Crippen molar-refractivity contribution in [3.8, 4) is 11.5 Å². The standard InChI is InChI=1S/C30H36N2O3/c1-21-15-22(2)17-25(16-21)30(33)32-14-13-26(19-27(32)18-23-9-6-5-7-10-23)31-20-24-11-8-12-28(34-3)29(24)35-4/h5-12,15-17,26-27,31H,13-14,18-20H2,1-4H3/t26-,27-/m0/s1. The molecule has 0 saturated carbocycles. The van der Waals surface area contributed by atoms with Gasteiger partial charge in [0.25, 0.3) is 5.91 Å². The van der Waals surface area contributed by atoms with E-state index in [9.17, 15) is 4.79 Å². The molecule has 3 aromatic rings. The number of carbonyl (C=O) groups excluding carboxylic acids is 1. The topological polar surface area (TPSA) is 50.8 Å². The maximum atomic E-state index is 13.6. The van der Waals surface area contributed by atoms with Crippen molar-refractivity contribution in [1.29, 1.82) is 0 Å². The zero-order valence-electron chi connectivity index (χ0n) is 21.2. The summed E-state index contributed by atoms with van der Waals surface area (Å²) in [6.07, 6.45) is 2.66. The van der Waals surface area contributed by atoms with E-state index in [1.807, 2.05) is 44.2 Å². The second kappa shape index (κ2) is 11.4. The van der Waals surface area contributed by atoms with Crippen LogP contribution >= 0.6 is 0 Å². The number of nitrogens with one attached hydrogen (secondary N) is 1. The molecule has 3 aromatic carbocycles.